The van der Waals surface area contributed by atoms with Crippen LogP contribution in [0.4, 0.5) is 0 Å². The van der Waals surface area contributed by atoms with Gasteiger partial charge < -0.3 is 9.84 Å². The van der Waals surface area contributed by atoms with Gasteiger partial charge in [-0.25, -0.2) is 0 Å². The van der Waals surface area contributed by atoms with Gasteiger partial charge in [-0.3, -0.25) is 4.68 Å². The molecule has 0 saturated carbocycles. The summed E-state index contributed by atoms with van der Waals surface area (Å²) >= 11 is 6.07. The van der Waals surface area contributed by atoms with Gasteiger partial charge in [-0.1, -0.05) is 25.4 Å². The topological polar surface area (TPSA) is 47.3 Å². The van der Waals surface area contributed by atoms with E-state index in [4.69, 9.17) is 16.3 Å². The van der Waals surface area contributed by atoms with E-state index in [0.717, 1.165) is 0 Å². The van der Waals surface area contributed by atoms with Crippen molar-refractivity contribution in [2.75, 3.05) is 13.7 Å². The maximum atomic E-state index is 10.4. The molecule has 0 saturated heterocycles. The Kier molecular flexibility index (Phi) is 4.35. The first-order chi connectivity index (χ1) is 7.41. The molecule has 1 aromatic heterocycles. The zero-order chi connectivity index (χ0) is 12.3. The molecular weight excluding hydrogens is 228 g/mol. The Morgan fingerprint density at radius 1 is 1.62 bits per heavy atom. The number of ether oxygens (including phenoxy) is 1. The molecule has 5 heteroatoms. The van der Waals surface area contributed by atoms with Crippen molar-refractivity contribution in [1.82, 2.24) is 9.78 Å². The molecule has 0 spiro atoms. The largest absolute Gasteiger partial charge is 0.384 e. The maximum absolute atomic E-state index is 10.4. The van der Waals surface area contributed by atoms with Gasteiger partial charge in [-0.2, -0.15) is 5.10 Å². The van der Waals surface area contributed by atoms with Crippen LogP contribution in [0.3, 0.4) is 0 Å². The highest BCUT2D eigenvalue weighted by Gasteiger charge is 2.33. The summed E-state index contributed by atoms with van der Waals surface area (Å²) in [7, 11) is 1.63. The number of rotatable bonds is 5. The van der Waals surface area contributed by atoms with Gasteiger partial charge in [0.1, 0.15) is 5.60 Å². The fourth-order valence-electron chi connectivity index (χ4n) is 1.49. The molecule has 0 radical (unpaired) electrons. The Morgan fingerprint density at radius 3 is 2.75 bits per heavy atom. The molecule has 1 aromatic rings. The summed E-state index contributed by atoms with van der Waals surface area (Å²) in [6.45, 7) is 6.78. The molecule has 0 bridgehead atoms. The molecule has 0 amide bonds. The van der Waals surface area contributed by atoms with Crippen molar-refractivity contribution in [2.24, 2.45) is 5.92 Å². The van der Waals surface area contributed by atoms with Gasteiger partial charge in [0.25, 0.3) is 0 Å². The SMILES string of the molecule is COCCn1ncc(Cl)c1C(C)(O)C(C)C. The lowest BCUT2D eigenvalue weighted by molar-refractivity contribution is -0.000411. The molecule has 0 aliphatic heterocycles. The highest BCUT2D eigenvalue weighted by atomic mass is 35.5. The Morgan fingerprint density at radius 2 is 2.25 bits per heavy atom. The standard InChI is InChI=1S/C11H19ClN2O2/c1-8(2)11(3,15)10-9(12)7-13-14(10)5-6-16-4/h7-8,15H,5-6H2,1-4H3. The van der Waals surface area contributed by atoms with E-state index in [2.05, 4.69) is 5.10 Å². The van der Waals surface area contributed by atoms with E-state index in [9.17, 15) is 5.11 Å². The highest BCUT2D eigenvalue weighted by Crippen LogP contribution is 2.33. The Hall–Kier alpha value is -0.580. The third-order valence-electron chi connectivity index (χ3n) is 2.91. The molecule has 0 aliphatic carbocycles. The molecule has 1 N–H and O–H groups in total. The van der Waals surface area contributed by atoms with E-state index in [-0.39, 0.29) is 5.92 Å². The molecule has 0 aliphatic rings. The predicted octanol–water partition coefficient (Wildman–Crippen LogP) is 2.05. The maximum Gasteiger partial charge on any atom is 0.107 e. The summed E-state index contributed by atoms with van der Waals surface area (Å²) in [4.78, 5) is 0. The Bertz CT molecular complexity index is 348. The zero-order valence-corrected chi connectivity index (χ0v) is 11.0. The summed E-state index contributed by atoms with van der Waals surface area (Å²) in [6.07, 6.45) is 1.56. The van der Waals surface area contributed by atoms with E-state index in [1.807, 2.05) is 13.8 Å². The fourth-order valence-corrected chi connectivity index (χ4v) is 1.82. The summed E-state index contributed by atoms with van der Waals surface area (Å²) < 4.78 is 6.70. The van der Waals surface area contributed by atoms with Gasteiger partial charge in [0.15, 0.2) is 0 Å². The predicted molar refractivity (Wildman–Crippen MR) is 63.5 cm³/mol. The molecular formula is C11H19ClN2O2. The summed E-state index contributed by atoms with van der Waals surface area (Å²) in [5.41, 5.74) is -0.331. The van der Waals surface area contributed by atoms with Gasteiger partial charge in [0.05, 0.1) is 30.1 Å². The first kappa shape index (κ1) is 13.5. The molecule has 1 rings (SSSR count). The van der Waals surface area contributed by atoms with Crippen molar-refractivity contribution in [3.8, 4) is 0 Å². The van der Waals surface area contributed by atoms with E-state index >= 15 is 0 Å². The molecule has 0 aromatic carbocycles. The minimum absolute atomic E-state index is 0.0583. The summed E-state index contributed by atoms with van der Waals surface area (Å²) in [5.74, 6) is 0.0583. The number of methoxy groups -OCH3 is 1. The number of halogens is 1. The van der Waals surface area contributed by atoms with Crippen LogP contribution in [-0.4, -0.2) is 28.6 Å². The minimum atomic E-state index is -0.985. The van der Waals surface area contributed by atoms with Crippen LogP contribution in [0.5, 0.6) is 0 Å². The molecule has 4 nitrogen and oxygen atoms in total. The van der Waals surface area contributed by atoms with Crippen LogP contribution in [0.25, 0.3) is 0 Å². The van der Waals surface area contributed by atoms with Gasteiger partial charge >= 0.3 is 0 Å². The van der Waals surface area contributed by atoms with Crippen molar-refractivity contribution in [2.45, 2.75) is 32.9 Å². The average molecular weight is 247 g/mol. The van der Waals surface area contributed by atoms with Crippen molar-refractivity contribution in [3.05, 3.63) is 16.9 Å². The van der Waals surface area contributed by atoms with Crippen LogP contribution in [0.2, 0.25) is 5.02 Å². The van der Waals surface area contributed by atoms with Crippen molar-refractivity contribution >= 4 is 11.6 Å². The van der Waals surface area contributed by atoms with Crippen LogP contribution < -0.4 is 0 Å². The first-order valence-corrected chi connectivity index (χ1v) is 5.72. The third kappa shape index (κ3) is 2.56. The van der Waals surface area contributed by atoms with E-state index in [1.165, 1.54) is 0 Å². The molecule has 92 valence electrons. The van der Waals surface area contributed by atoms with Crippen LogP contribution in [0, 0.1) is 5.92 Å². The van der Waals surface area contributed by atoms with Crippen molar-refractivity contribution in [1.29, 1.82) is 0 Å². The molecule has 16 heavy (non-hydrogen) atoms. The minimum Gasteiger partial charge on any atom is -0.384 e. The molecule has 1 atom stereocenters. The fraction of sp³-hybridized carbons (Fsp3) is 0.727. The number of aromatic nitrogens is 2. The van der Waals surface area contributed by atoms with E-state index < -0.39 is 5.60 Å². The summed E-state index contributed by atoms with van der Waals surface area (Å²) in [6, 6.07) is 0. The van der Waals surface area contributed by atoms with Gasteiger partial charge in [-0.15, -0.1) is 0 Å². The number of hydrogen-bond acceptors (Lipinski definition) is 3. The highest BCUT2D eigenvalue weighted by molar-refractivity contribution is 6.31. The normalized spacial score (nSPS) is 15.4. The van der Waals surface area contributed by atoms with E-state index in [0.29, 0.717) is 23.9 Å². The number of hydrogen-bond donors (Lipinski definition) is 1. The molecule has 0 fully saturated rings. The monoisotopic (exact) mass is 246 g/mol. The van der Waals surface area contributed by atoms with Gasteiger partial charge in [-0.05, 0) is 12.8 Å². The quantitative estimate of drug-likeness (QED) is 0.865. The summed E-state index contributed by atoms with van der Waals surface area (Å²) in [5, 5.41) is 15.1. The lowest BCUT2D eigenvalue weighted by Crippen LogP contribution is -2.32. The number of aliphatic hydroxyl groups is 1. The van der Waals surface area contributed by atoms with Crippen molar-refractivity contribution in [3.63, 3.8) is 0 Å². The van der Waals surface area contributed by atoms with Crippen molar-refractivity contribution < 1.29 is 9.84 Å². The second-order valence-electron chi connectivity index (χ2n) is 4.36. The van der Waals surface area contributed by atoms with E-state index in [1.54, 1.807) is 24.9 Å². The lowest BCUT2D eigenvalue weighted by atomic mass is 9.89. The second-order valence-corrected chi connectivity index (χ2v) is 4.77. The third-order valence-corrected chi connectivity index (χ3v) is 3.18. The Labute approximate surface area is 101 Å². The van der Waals surface area contributed by atoms with Gasteiger partial charge in [0.2, 0.25) is 0 Å². The zero-order valence-electron chi connectivity index (χ0n) is 10.2. The Balaban J connectivity index is 3.06. The first-order valence-electron chi connectivity index (χ1n) is 5.34. The smallest absolute Gasteiger partial charge is 0.107 e. The molecule has 1 unspecified atom stereocenters. The van der Waals surface area contributed by atoms with Crippen LogP contribution in [0.15, 0.2) is 6.20 Å². The van der Waals surface area contributed by atoms with Crippen LogP contribution >= 0.6 is 11.6 Å². The van der Waals surface area contributed by atoms with Crippen LogP contribution in [0.1, 0.15) is 26.5 Å². The van der Waals surface area contributed by atoms with Crippen LogP contribution in [-0.2, 0) is 16.9 Å². The number of nitrogens with zero attached hydrogens (tertiary/aromatic N) is 2. The van der Waals surface area contributed by atoms with Gasteiger partial charge in [0, 0.05) is 7.11 Å². The second kappa shape index (κ2) is 5.17. The average Bonchev–Trinajstić information content (AvgIpc) is 2.56. The molecule has 1 heterocycles. The lowest BCUT2D eigenvalue weighted by Gasteiger charge is -2.29.